The van der Waals surface area contributed by atoms with Gasteiger partial charge in [-0.05, 0) is 46.0 Å². The van der Waals surface area contributed by atoms with E-state index in [1.54, 1.807) is 23.5 Å². The summed E-state index contributed by atoms with van der Waals surface area (Å²) in [7, 11) is 0. The van der Waals surface area contributed by atoms with Crippen molar-refractivity contribution in [3.63, 3.8) is 0 Å². The van der Waals surface area contributed by atoms with Gasteiger partial charge in [0.1, 0.15) is 5.00 Å². The summed E-state index contributed by atoms with van der Waals surface area (Å²) in [5.74, 6) is -0.411. The first-order chi connectivity index (χ1) is 21.7. The van der Waals surface area contributed by atoms with Crippen molar-refractivity contribution in [1.82, 2.24) is 0 Å². The highest BCUT2D eigenvalue weighted by Gasteiger charge is 2.49. The van der Waals surface area contributed by atoms with Gasteiger partial charge in [-0.25, -0.2) is 0 Å². The summed E-state index contributed by atoms with van der Waals surface area (Å²) in [5.41, 5.74) is 10.3. The normalized spacial score (nSPS) is 15.4. The zero-order chi connectivity index (χ0) is 29.4. The number of thiophene rings is 1. The minimum Gasteiger partial charge on any atom is -0.301 e. The lowest BCUT2D eigenvalue weighted by atomic mass is 9.62. The summed E-state index contributed by atoms with van der Waals surface area (Å²) < 4.78 is 0. The van der Waals surface area contributed by atoms with Crippen molar-refractivity contribution in [2.45, 2.75) is 11.8 Å². The topological polar surface area (TPSA) is 37.4 Å². The number of hydrogen-bond donors (Lipinski definition) is 0. The van der Waals surface area contributed by atoms with Crippen LogP contribution in [-0.4, -0.2) is 11.6 Å². The van der Waals surface area contributed by atoms with Crippen LogP contribution in [0.15, 0.2) is 139 Å². The predicted molar refractivity (Wildman–Crippen MR) is 177 cm³/mol. The van der Waals surface area contributed by atoms with Gasteiger partial charge in [-0.1, -0.05) is 121 Å². The maximum Gasteiger partial charge on any atom is 0.197 e. The number of carbonyl (C=O) groups excluding carboxylic acids is 2. The molecule has 9 rings (SSSR count). The molecule has 0 amide bonds. The number of Topliss-reactive ketones (excluding diaryl/α,β-unsaturated/α-hetero) is 2. The number of hydrogen-bond acceptors (Lipinski definition) is 4. The minimum absolute atomic E-state index is 0.205. The van der Waals surface area contributed by atoms with E-state index in [0.29, 0.717) is 11.1 Å². The van der Waals surface area contributed by atoms with Crippen LogP contribution in [0, 0.1) is 0 Å². The molecule has 1 aromatic heterocycles. The smallest absolute Gasteiger partial charge is 0.197 e. The van der Waals surface area contributed by atoms with Crippen LogP contribution in [0.2, 0.25) is 0 Å². The molecule has 0 fully saturated rings. The molecule has 3 nitrogen and oxygen atoms in total. The monoisotopic (exact) mass is 583 g/mol. The van der Waals surface area contributed by atoms with E-state index < -0.39 is 5.41 Å². The molecular formula is C40H25NO2S. The third kappa shape index (κ3) is 3.32. The Hall–Kier alpha value is -5.32. The molecule has 208 valence electrons. The number of ketones is 2. The van der Waals surface area contributed by atoms with E-state index in [9.17, 15) is 9.59 Å². The van der Waals surface area contributed by atoms with Crippen LogP contribution in [0.25, 0.3) is 6.08 Å². The molecule has 5 aromatic carbocycles. The number of allylic oxidation sites excluding steroid dienone is 1. The minimum atomic E-state index is -0.605. The average molecular weight is 584 g/mol. The molecule has 0 spiro atoms. The molecule has 0 bridgehead atoms. The van der Waals surface area contributed by atoms with E-state index >= 15 is 0 Å². The zero-order valence-corrected chi connectivity index (χ0v) is 24.5. The highest BCUT2D eigenvalue weighted by Crippen LogP contribution is 2.62. The van der Waals surface area contributed by atoms with Gasteiger partial charge in [0.25, 0.3) is 0 Å². The fraction of sp³-hybridized carbons (Fsp3) is 0.0500. The first-order valence-electron chi connectivity index (χ1n) is 14.8. The van der Waals surface area contributed by atoms with Gasteiger partial charge in [-0.15, -0.1) is 11.3 Å². The van der Waals surface area contributed by atoms with E-state index in [0.717, 1.165) is 21.9 Å². The van der Waals surface area contributed by atoms with Crippen LogP contribution in [-0.2, 0) is 11.8 Å². The highest BCUT2D eigenvalue weighted by atomic mass is 32.1. The quantitative estimate of drug-likeness (QED) is 0.154. The average Bonchev–Trinajstić information content (AvgIpc) is 3.61. The van der Waals surface area contributed by atoms with Crippen molar-refractivity contribution in [3.05, 3.63) is 188 Å². The molecule has 4 heteroatoms. The number of anilines is 3. The Bertz CT molecular complexity index is 2120. The summed E-state index contributed by atoms with van der Waals surface area (Å²) in [5, 5.41) is 1.10. The maximum absolute atomic E-state index is 13.4. The van der Waals surface area contributed by atoms with Gasteiger partial charge in [0.05, 0.1) is 22.4 Å². The van der Waals surface area contributed by atoms with Crippen molar-refractivity contribution in [1.29, 1.82) is 0 Å². The largest absolute Gasteiger partial charge is 0.301 e. The summed E-state index contributed by atoms with van der Waals surface area (Å²) in [6.07, 6.45) is 2.67. The van der Waals surface area contributed by atoms with Crippen LogP contribution in [0.3, 0.4) is 0 Å². The van der Waals surface area contributed by atoms with Gasteiger partial charge in [-0.2, -0.15) is 0 Å². The second-order valence-corrected chi connectivity index (χ2v) is 12.6. The Morgan fingerprint density at radius 2 is 1.20 bits per heavy atom. The number of benzene rings is 5. The zero-order valence-electron chi connectivity index (χ0n) is 23.7. The van der Waals surface area contributed by atoms with Gasteiger partial charge in [-0.3, -0.25) is 9.59 Å². The third-order valence-corrected chi connectivity index (χ3v) is 10.4. The van der Waals surface area contributed by atoms with E-state index in [1.165, 1.54) is 39.2 Å². The molecule has 1 aliphatic carbocycles. The molecule has 6 aromatic rings. The number of carbonyl (C=O) groups is 2. The lowest BCUT2D eigenvalue weighted by molar-refractivity contribution is 0.0990. The van der Waals surface area contributed by atoms with E-state index in [4.69, 9.17) is 0 Å². The van der Waals surface area contributed by atoms with Crippen molar-refractivity contribution in [3.8, 4) is 0 Å². The van der Waals surface area contributed by atoms with E-state index in [-0.39, 0.29) is 17.1 Å². The van der Waals surface area contributed by atoms with Crippen LogP contribution < -0.4 is 4.90 Å². The lowest BCUT2D eigenvalue weighted by Crippen LogP contribution is -2.38. The predicted octanol–water partition coefficient (Wildman–Crippen LogP) is 9.28. The molecule has 0 saturated carbocycles. The molecule has 0 unspecified atom stereocenters. The number of fused-ring (bicyclic) bond motifs is 5. The Morgan fingerprint density at radius 3 is 1.89 bits per heavy atom. The molecule has 0 radical (unpaired) electrons. The van der Waals surface area contributed by atoms with Crippen molar-refractivity contribution >= 4 is 45.4 Å². The standard InChI is InChI=1S/C40H25NO2S/c42-37-30-18-8-9-19-31(30)38(43)32(37)23-29-24-34-39(44-29)41-35-21-10-7-12-25(35)22-26-13-11-20-33(36(26)41)40(34,27-14-3-1-4-15-27)28-16-5-2-6-17-28/h1-21,23-24H,22H2. The van der Waals surface area contributed by atoms with Gasteiger partial charge in [0, 0.05) is 28.0 Å². The summed E-state index contributed by atoms with van der Waals surface area (Å²) >= 11 is 1.64. The van der Waals surface area contributed by atoms with Crippen molar-refractivity contribution in [2.75, 3.05) is 4.90 Å². The number of para-hydroxylation sites is 2. The highest BCUT2D eigenvalue weighted by molar-refractivity contribution is 7.17. The van der Waals surface area contributed by atoms with Crippen LogP contribution >= 0.6 is 11.3 Å². The van der Waals surface area contributed by atoms with E-state index in [1.807, 2.05) is 18.2 Å². The van der Waals surface area contributed by atoms with Gasteiger partial charge in [0.15, 0.2) is 11.6 Å². The fourth-order valence-corrected chi connectivity index (χ4v) is 8.66. The van der Waals surface area contributed by atoms with Crippen molar-refractivity contribution < 1.29 is 9.59 Å². The number of nitrogens with zero attached hydrogens (tertiary/aromatic N) is 1. The Balaban J connectivity index is 1.38. The molecule has 0 N–H and O–H groups in total. The lowest BCUT2D eigenvalue weighted by Gasteiger charge is -2.47. The van der Waals surface area contributed by atoms with Crippen LogP contribution in [0.4, 0.5) is 16.4 Å². The number of rotatable bonds is 3. The molecule has 0 atom stereocenters. The molecule has 3 aliphatic rings. The molecule has 2 aliphatic heterocycles. The molecule has 44 heavy (non-hydrogen) atoms. The maximum atomic E-state index is 13.4. The van der Waals surface area contributed by atoms with Gasteiger partial charge in [0.2, 0.25) is 0 Å². The SMILES string of the molecule is O=C1C(=Cc2cc3c(s2)N2c4ccccc4Cc4cccc(c42)C3(c2ccccc2)c2ccccc2)C(=O)c2ccccc21. The first kappa shape index (κ1) is 25.2. The molecule has 3 heterocycles. The van der Waals surface area contributed by atoms with Gasteiger partial charge < -0.3 is 4.90 Å². The second-order valence-electron chi connectivity index (χ2n) is 11.6. The summed E-state index contributed by atoms with van der Waals surface area (Å²) in [6, 6.07) is 46.1. The Labute approximate surface area is 259 Å². The fourth-order valence-electron chi connectivity index (χ4n) is 7.48. The molecular weight excluding hydrogens is 559 g/mol. The summed E-state index contributed by atoms with van der Waals surface area (Å²) in [6.45, 7) is 0. The van der Waals surface area contributed by atoms with Crippen LogP contribution in [0.5, 0.6) is 0 Å². The Kier molecular flexibility index (Phi) is 5.35. The van der Waals surface area contributed by atoms with Crippen LogP contribution in [0.1, 0.15) is 59.0 Å². The molecule has 0 saturated heterocycles. The first-order valence-corrected chi connectivity index (χ1v) is 15.6. The van der Waals surface area contributed by atoms with Gasteiger partial charge >= 0.3 is 0 Å². The Morgan fingerprint density at radius 1 is 0.614 bits per heavy atom. The summed E-state index contributed by atoms with van der Waals surface area (Å²) in [4.78, 5) is 30.2. The van der Waals surface area contributed by atoms with Crippen molar-refractivity contribution in [2.24, 2.45) is 0 Å². The third-order valence-electron chi connectivity index (χ3n) is 9.31. The second kappa shape index (κ2) is 9.34. The van der Waals surface area contributed by atoms with E-state index in [2.05, 4.69) is 114 Å².